The molecule has 0 N–H and O–H groups in total. The third-order valence-corrected chi connectivity index (χ3v) is 4.37. The number of hydrogen-bond acceptors (Lipinski definition) is 3. The molecule has 112 valence electrons. The summed E-state index contributed by atoms with van der Waals surface area (Å²) >= 11 is 0. The van der Waals surface area contributed by atoms with Crippen LogP contribution in [0.25, 0.3) is 0 Å². The van der Waals surface area contributed by atoms with Gasteiger partial charge in [0.05, 0.1) is 14.2 Å². The smallest absolute Gasteiger partial charge is 1.00 e. The van der Waals surface area contributed by atoms with Crippen molar-refractivity contribution in [3.05, 3.63) is 53.1 Å². The number of ether oxygens (including phenoxy) is 2. The van der Waals surface area contributed by atoms with Gasteiger partial charge in [0.15, 0.2) is 5.52 Å². The largest absolute Gasteiger partial charge is 1.00 e. The summed E-state index contributed by atoms with van der Waals surface area (Å²) in [6.45, 7) is 3.88. The first kappa shape index (κ1) is 18.8. The average molecular weight is 310 g/mol. The first-order valence-corrected chi connectivity index (χ1v) is 7.67. The number of hydrogen-bond donors (Lipinski definition) is 0. The van der Waals surface area contributed by atoms with Crippen LogP contribution in [0.4, 0.5) is 0 Å². The molecule has 2 rings (SSSR count). The predicted octanol–water partition coefficient (Wildman–Crippen LogP) is 0.581. The topological polar surface area (TPSA) is 35.5 Å². The van der Waals surface area contributed by atoms with Gasteiger partial charge in [-0.15, -0.1) is 0 Å². The van der Waals surface area contributed by atoms with Gasteiger partial charge in [0.2, 0.25) is 0 Å². The van der Waals surface area contributed by atoms with Gasteiger partial charge in [-0.2, -0.15) is 0 Å². The maximum Gasteiger partial charge on any atom is 1.00 e. The Morgan fingerprint density at radius 3 is 1.95 bits per heavy atom. The van der Waals surface area contributed by atoms with Gasteiger partial charge >= 0.3 is 18.9 Å². The van der Waals surface area contributed by atoms with Crippen molar-refractivity contribution in [1.29, 1.82) is 0 Å². The molecule has 3 nitrogen and oxygen atoms in total. The van der Waals surface area contributed by atoms with Crippen LogP contribution in [-0.2, 0) is 0 Å². The van der Waals surface area contributed by atoms with E-state index in [1.165, 1.54) is 0 Å². The van der Waals surface area contributed by atoms with Gasteiger partial charge in [-0.1, -0.05) is 30.3 Å². The van der Waals surface area contributed by atoms with E-state index in [2.05, 4.69) is 0 Å². The van der Waals surface area contributed by atoms with Gasteiger partial charge < -0.3 is 10.9 Å². The normalized spacial score (nSPS) is 10.4. The van der Waals surface area contributed by atoms with Crippen LogP contribution in [0.15, 0.2) is 36.4 Å². The molecule has 0 radical (unpaired) electrons. The molecule has 2 aromatic carbocycles. The molecule has 22 heavy (non-hydrogen) atoms. The molecule has 0 aliphatic carbocycles. The summed E-state index contributed by atoms with van der Waals surface area (Å²) < 4.78 is 10.9. The van der Waals surface area contributed by atoms with E-state index in [1.54, 1.807) is 14.2 Å². The molecule has 1 unspecified atom stereocenters. The van der Waals surface area contributed by atoms with Crippen LogP contribution in [0.1, 0.15) is 22.9 Å². The maximum atomic E-state index is 12.7. The van der Waals surface area contributed by atoms with E-state index in [-0.39, 0.29) is 34.4 Å². The van der Waals surface area contributed by atoms with Gasteiger partial charge in [0, 0.05) is 0 Å². The molecule has 0 fully saturated rings. The summed E-state index contributed by atoms with van der Waals surface area (Å²) in [7, 11) is 3.21. The Balaban J connectivity index is 0.00000242. The van der Waals surface area contributed by atoms with Crippen molar-refractivity contribution in [3.63, 3.8) is 0 Å². The summed E-state index contributed by atoms with van der Waals surface area (Å²) in [6, 6.07) is 11.7. The SMILES string of the molecule is COc1c(C)cc(C)c(OC)c1C(=O)Pc1ccccc1.[H-].[Li+]. The summed E-state index contributed by atoms with van der Waals surface area (Å²) in [5.74, 6) is 1.21. The third-order valence-electron chi connectivity index (χ3n) is 3.27. The first-order chi connectivity index (χ1) is 10.1. The molecular formula is C17H20LiO3P. The third kappa shape index (κ3) is 3.93. The Bertz CT molecular complexity index is 634. The van der Waals surface area contributed by atoms with Crippen molar-refractivity contribution in [2.24, 2.45) is 0 Å². The molecular weight excluding hydrogens is 290 g/mol. The zero-order valence-electron chi connectivity index (χ0n) is 14.7. The van der Waals surface area contributed by atoms with Crippen molar-refractivity contribution >= 4 is 19.4 Å². The van der Waals surface area contributed by atoms with Crippen LogP contribution < -0.4 is 33.6 Å². The number of rotatable bonds is 5. The Hall–Kier alpha value is -1.26. The van der Waals surface area contributed by atoms with Crippen molar-refractivity contribution in [3.8, 4) is 11.5 Å². The van der Waals surface area contributed by atoms with E-state index >= 15 is 0 Å². The molecule has 0 aliphatic rings. The molecule has 0 saturated carbocycles. The predicted molar refractivity (Wildman–Crippen MR) is 88.9 cm³/mol. The van der Waals surface area contributed by atoms with Crippen molar-refractivity contribution in [2.45, 2.75) is 13.8 Å². The Kier molecular flexibility index (Phi) is 7.17. The van der Waals surface area contributed by atoms with E-state index in [4.69, 9.17) is 9.47 Å². The van der Waals surface area contributed by atoms with E-state index < -0.39 is 0 Å². The summed E-state index contributed by atoms with van der Waals surface area (Å²) in [6.07, 6.45) is 0. The van der Waals surface area contributed by atoms with Crippen LogP contribution >= 0.6 is 8.58 Å². The van der Waals surface area contributed by atoms with E-state index in [9.17, 15) is 4.79 Å². The van der Waals surface area contributed by atoms with E-state index in [0.717, 1.165) is 16.4 Å². The van der Waals surface area contributed by atoms with E-state index in [1.807, 2.05) is 50.2 Å². The minimum Gasteiger partial charge on any atom is -1.00 e. The molecule has 2 aromatic rings. The molecule has 0 spiro atoms. The van der Waals surface area contributed by atoms with Gasteiger partial charge in [-0.3, -0.25) is 4.79 Å². The van der Waals surface area contributed by atoms with Crippen molar-refractivity contribution in [2.75, 3.05) is 14.2 Å². The standard InChI is InChI=1S/C17H19O3P.Li.H/c1-11-10-12(2)16(20-4)14(15(11)19-3)17(18)21-13-8-6-5-7-9-13;;/h5-10,21H,1-4H3;;/q;+1;-1. The molecule has 0 aliphatic heterocycles. The van der Waals surface area contributed by atoms with Gasteiger partial charge in [0.1, 0.15) is 17.1 Å². The van der Waals surface area contributed by atoms with Crippen molar-refractivity contribution < 1.29 is 34.6 Å². The Labute approximate surface area is 146 Å². The van der Waals surface area contributed by atoms with Crippen LogP contribution in [0, 0.1) is 13.8 Å². The fourth-order valence-electron chi connectivity index (χ4n) is 2.40. The van der Waals surface area contributed by atoms with Gasteiger partial charge in [0.25, 0.3) is 0 Å². The maximum absolute atomic E-state index is 12.7. The molecule has 0 saturated heterocycles. The zero-order valence-corrected chi connectivity index (χ0v) is 14.7. The van der Waals surface area contributed by atoms with Gasteiger partial charge in [-0.25, -0.2) is 0 Å². The molecule has 0 heterocycles. The Morgan fingerprint density at radius 1 is 1.00 bits per heavy atom. The monoisotopic (exact) mass is 310 g/mol. The number of aryl methyl sites for hydroxylation is 2. The minimum absolute atomic E-state index is 0. The molecule has 0 aromatic heterocycles. The average Bonchev–Trinajstić information content (AvgIpc) is 2.47. The van der Waals surface area contributed by atoms with E-state index in [0.29, 0.717) is 17.1 Å². The Morgan fingerprint density at radius 2 is 1.50 bits per heavy atom. The molecule has 0 amide bonds. The molecule has 5 heteroatoms. The first-order valence-electron chi connectivity index (χ1n) is 6.67. The number of benzene rings is 2. The number of carbonyl (C=O) groups excluding carboxylic acids is 1. The fraction of sp³-hybridized carbons (Fsp3) is 0.235. The summed E-state index contributed by atoms with van der Waals surface area (Å²) in [4.78, 5) is 12.7. The molecule has 0 bridgehead atoms. The summed E-state index contributed by atoms with van der Waals surface area (Å²) in [5, 5.41) is 1.01. The van der Waals surface area contributed by atoms with Crippen LogP contribution in [-0.4, -0.2) is 19.7 Å². The fourth-order valence-corrected chi connectivity index (χ4v) is 3.37. The summed E-state index contributed by atoms with van der Waals surface area (Å²) in [5.41, 5.74) is 2.45. The number of methoxy groups -OCH3 is 2. The second-order valence-corrected chi connectivity index (χ2v) is 6.05. The van der Waals surface area contributed by atoms with Crippen molar-refractivity contribution in [1.82, 2.24) is 0 Å². The van der Waals surface area contributed by atoms with Crippen LogP contribution in [0.2, 0.25) is 0 Å². The number of carbonyl (C=O) groups is 1. The second-order valence-electron chi connectivity index (χ2n) is 4.77. The second kappa shape index (κ2) is 8.39. The van der Waals surface area contributed by atoms with Crippen LogP contribution in [0.5, 0.6) is 11.5 Å². The minimum atomic E-state index is 0. The quantitative estimate of drug-likeness (QED) is 0.599. The van der Waals surface area contributed by atoms with Gasteiger partial charge in [-0.05, 0) is 44.9 Å². The van der Waals surface area contributed by atoms with Crippen LogP contribution in [0.3, 0.4) is 0 Å². The molecule has 1 atom stereocenters. The zero-order chi connectivity index (χ0) is 15.4.